The van der Waals surface area contributed by atoms with Crippen LogP contribution in [0.15, 0.2) is 0 Å². The summed E-state index contributed by atoms with van der Waals surface area (Å²) in [5.41, 5.74) is 0. The van der Waals surface area contributed by atoms with Gasteiger partial charge >= 0.3 is 0 Å². The molecule has 3 unspecified atom stereocenters. The van der Waals surface area contributed by atoms with Crippen LogP contribution in [0.2, 0.25) is 0 Å². The lowest BCUT2D eigenvalue weighted by molar-refractivity contribution is -0.132. The highest BCUT2D eigenvalue weighted by molar-refractivity contribution is 5.93. The zero-order valence-electron chi connectivity index (χ0n) is 24.2. The molecule has 2 amide bonds. The molecule has 0 aliphatic rings. The van der Waals surface area contributed by atoms with Gasteiger partial charge in [-0.05, 0) is 26.3 Å². The Morgan fingerprint density at radius 3 is 1.14 bits per heavy atom. The molecule has 0 spiro atoms. The number of Topliss-reactive ketones (excluding diaryl/α,β-unsaturated/α-hetero) is 4. The normalized spacial score (nSPS) is 14.0. The predicted molar refractivity (Wildman–Crippen MR) is 144 cm³/mol. The van der Waals surface area contributed by atoms with Gasteiger partial charge in [-0.2, -0.15) is 0 Å². The summed E-state index contributed by atoms with van der Waals surface area (Å²) in [6.45, 7) is 14.1. The smallest absolute Gasteiger partial charge is 0.220 e. The summed E-state index contributed by atoms with van der Waals surface area (Å²) in [6.07, 6.45) is 0.811. The van der Waals surface area contributed by atoms with Gasteiger partial charge in [0.25, 0.3) is 0 Å². The van der Waals surface area contributed by atoms with Crippen LogP contribution in [0.4, 0.5) is 0 Å². The van der Waals surface area contributed by atoms with E-state index in [0.717, 1.165) is 0 Å². The van der Waals surface area contributed by atoms with Crippen molar-refractivity contribution in [3.63, 3.8) is 0 Å². The maximum atomic E-state index is 12.7. The summed E-state index contributed by atoms with van der Waals surface area (Å²) in [5.74, 6) is -2.05. The first-order chi connectivity index (χ1) is 17.1. The van der Waals surface area contributed by atoms with Gasteiger partial charge < -0.3 is 16.0 Å². The molecule has 9 nitrogen and oxygen atoms in total. The highest BCUT2D eigenvalue weighted by Crippen LogP contribution is 2.12. The molecule has 0 aromatic carbocycles. The van der Waals surface area contributed by atoms with E-state index in [2.05, 4.69) is 16.0 Å². The molecule has 37 heavy (non-hydrogen) atoms. The number of amides is 2. The average Bonchev–Trinajstić information content (AvgIpc) is 2.82. The second-order valence-electron chi connectivity index (χ2n) is 11.0. The number of hydrogen-bond acceptors (Lipinski definition) is 7. The van der Waals surface area contributed by atoms with Crippen LogP contribution >= 0.6 is 0 Å². The highest BCUT2D eigenvalue weighted by Gasteiger charge is 2.28. The molecule has 9 heteroatoms. The van der Waals surface area contributed by atoms with Gasteiger partial charge in [-0.3, -0.25) is 28.8 Å². The molecule has 0 heterocycles. The minimum atomic E-state index is -0.853. The van der Waals surface area contributed by atoms with Crippen molar-refractivity contribution in [1.29, 1.82) is 0 Å². The zero-order chi connectivity index (χ0) is 28.9. The summed E-state index contributed by atoms with van der Waals surface area (Å²) in [4.78, 5) is 75.0. The number of carbonyl (C=O) groups is 6. The molecule has 0 rings (SSSR count). The van der Waals surface area contributed by atoms with Crippen molar-refractivity contribution in [1.82, 2.24) is 16.0 Å². The minimum Gasteiger partial charge on any atom is -0.346 e. The number of likely N-dealkylation sites (N-methyl/N-ethyl adjacent to an activating group) is 1. The molecule has 3 N–H and O–H groups in total. The van der Waals surface area contributed by atoms with E-state index in [1.807, 2.05) is 0 Å². The third-order valence-electron chi connectivity index (χ3n) is 6.40. The monoisotopic (exact) mass is 523 g/mol. The predicted octanol–water partition coefficient (Wildman–Crippen LogP) is 2.79. The lowest BCUT2D eigenvalue weighted by atomic mass is 9.94. The van der Waals surface area contributed by atoms with Gasteiger partial charge in [0.1, 0.15) is 5.78 Å². The molecular weight excluding hydrogens is 474 g/mol. The summed E-state index contributed by atoms with van der Waals surface area (Å²) < 4.78 is 0. The SMILES string of the molecule is CNC(CCC(=O)NC(CCC(=O)NC(CCC(=O)C(C)C)C(=O)C(C)C)C(=O)C(C)C)C(=O)C(C)C. The van der Waals surface area contributed by atoms with Crippen LogP contribution in [0.1, 0.15) is 93.9 Å². The summed E-state index contributed by atoms with van der Waals surface area (Å²) >= 11 is 0. The highest BCUT2D eigenvalue weighted by atomic mass is 16.2. The van der Waals surface area contributed by atoms with Crippen molar-refractivity contribution >= 4 is 34.9 Å². The molecule has 0 saturated carbocycles. The fraction of sp³-hybridized carbons (Fsp3) is 0.786. The number of ketones is 4. The van der Waals surface area contributed by atoms with E-state index in [0.29, 0.717) is 6.42 Å². The maximum absolute atomic E-state index is 12.7. The van der Waals surface area contributed by atoms with E-state index < -0.39 is 24.0 Å². The molecule has 0 bridgehead atoms. The third kappa shape index (κ3) is 13.1. The van der Waals surface area contributed by atoms with Gasteiger partial charge in [-0.15, -0.1) is 0 Å². The zero-order valence-corrected chi connectivity index (χ0v) is 24.2. The second-order valence-corrected chi connectivity index (χ2v) is 11.0. The van der Waals surface area contributed by atoms with Crippen molar-refractivity contribution in [3.05, 3.63) is 0 Å². The van der Waals surface area contributed by atoms with E-state index in [-0.39, 0.29) is 84.8 Å². The Bertz CT molecular complexity index is 804. The van der Waals surface area contributed by atoms with E-state index in [9.17, 15) is 28.8 Å². The molecule has 0 saturated heterocycles. The molecule has 0 aromatic rings. The third-order valence-corrected chi connectivity index (χ3v) is 6.40. The second kappa shape index (κ2) is 17.2. The molecule has 0 aliphatic heterocycles. The molecule has 0 radical (unpaired) electrons. The first kappa shape index (κ1) is 34.6. The Morgan fingerprint density at radius 1 is 0.486 bits per heavy atom. The van der Waals surface area contributed by atoms with E-state index >= 15 is 0 Å². The number of nitrogens with one attached hydrogen (secondary N) is 3. The summed E-state index contributed by atoms with van der Waals surface area (Å²) in [7, 11) is 1.67. The van der Waals surface area contributed by atoms with Crippen molar-refractivity contribution in [2.75, 3.05) is 7.05 Å². The minimum absolute atomic E-state index is 0.0161. The van der Waals surface area contributed by atoms with Gasteiger partial charge in [0.05, 0.1) is 18.1 Å². The van der Waals surface area contributed by atoms with Crippen molar-refractivity contribution in [3.8, 4) is 0 Å². The molecule has 3 atom stereocenters. The van der Waals surface area contributed by atoms with Gasteiger partial charge in [-0.25, -0.2) is 0 Å². The number of hydrogen-bond donors (Lipinski definition) is 3. The van der Waals surface area contributed by atoms with Crippen molar-refractivity contribution < 1.29 is 28.8 Å². The van der Waals surface area contributed by atoms with Crippen LogP contribution in [0, 0.1) is 23.7 Å². The Balaban J connectivity index is 5.19. The van der Waals surface area contributed by atoms with Gasteiger partial charge in [0.15, 0.2) is 17.3 Å². The number of rotatable bonds is 19. The van der Waals surface area contributed by atoms with Crippen LogP contribution in [-0.4, -0.2) is 60.1 Å². The fourth-order valence-electron chi connectivity index (χ4n) is 3.87. The first-order valence-electron chi connectivity index (χ1n) is 13.5. The molecule has 0 aliphatic carbocycles. The Morgan fingerprint density at radius 2 is 0.811 bits per heavy atom. The summed E-state index contributed by atoms with van der Waals surface area (Å²) in [6, 6.07) is -2.08. The van der Waals surface area contributed by atoms with E-state index in [1.54, 1.807) is 62.4 Å². The average molecular weight is 524 g/mol. The van der Waals surface area contributed by atoms with Crippen molar-refractivity contribution in [2.45, 2.75) is 112 Å². The largest absolute Gasteiger partial charge is 0.346 e. The Kier molecular flexibility index (Phi) is 16.0. The Hall–Kier alpha value is -2.42. The van der Waals surface area contributed by atoms with Crippen LogP contribution in [0.3, 0.4) is 0 Å². The summed E-state index contributed by atoms with van der Waals surface area (Å²) in [5, 5.41) is 8.39. The van der Waals surface area contributed by atoms with Gasteiger partial charge in [0.2, 0.25) is 11.8 Å². The van der Waals surface area contributed by atoms with E-state index in [4.69, 9.17) is 0 Å². The Labute approximate surface area is 222 Å². The fourth-order valence-corrected chi connectivity index (χ4v) is 3.87. The van der Waals surface area contributed by atoms with Crippen LogP contribution in [0.5, 0.6) is 0 Å². The van der Waals surface area contributed by atoms with E-state index in [1.165, 1.54) is 0 Å². The van der Waals surface area contributed by atoms with Crippen LogP contribution < -0.4 is 16.0 Å². The molecular formula is C28H49N3O6. The van der Waals surface area contributed by atoms with Crippen LogP contribution in [-0.2, 0) is 28.8 Å². The topological polar surface area (TPSA) is 139 Å². The molecule has 0 fully saturated rings. The van der Waals surface area contributed by atoms with Gasteiger partial charge in [-0.1, -0.05) is 55.4 Å². The van der Waals surface area contributed by atoms with Crippen LogP contribution in [0.25, 0.3) is 0 Å². The lowest BCUT2D eigenvalue weighted by Gasteiger charge is -2.22. The quantitative estimate of drug-likeness (QED) is 0.237. The molecule has 212 valence electrons. The van der Waals surface area contributed by atoms with Gasteiger partial charge in [0, 0.05) is 42.9 Å². The lowest BCUT2D eigenvalue weighted by Crippen LogP contribution is -2.46. The standard InChI is InChI=1S/C28H49N3O6/c1-16(2)23(32)13-10-21(27(36)18(5)6)30-25(34)15-12-22(28(37)19(7)8)31-24(33)14-11-20(29-9)26(35)17(3)4/h16-22,29H,10-15H2,1-9H3,(H,30,34)(H,31,33). The molecule has 0 aromatic heterocycles. The first-order valence-corrected chi connectivity index (χ1v) is 13.5. The van der Waals surface area contributed by atoms with Crippen molar-refractivity contribution in [2.24, 2.45) is 23.7 Å². The number of carbonyl (C=O) groups excluding carboxylic acids is 6. The maximum Gasteiger partial charge on any atom is 0.220 e.